The molecular weight excluding hydrogens is 316 g/mol. The maximum absolute atomic E-state index is 10.9. The number of carbonyl (C=O) groups is 2. The Morgan fingerprint density at radius 1 is 1.13 bits per heavy atom. The van der Waals surface area contributed by atoms with E-state index in [4.69, 9.17) is 4.74 Å². The van der Waals surface area contributed by atoms with Crippen molar-refractivity contribution < 1.29 is 37.6 Å². The fourth-order valence-corrected chi connectivity index (χ4v) is 1.13. The number of nitrogens with zero attached hydrogens (tertiary/aromatic N) is 1. The van der Waals surface area contributed by atoms with Gasteiger partial charge in [0.1, 0.15) is 0 Å². The van der Waals surface area contributed by atoms with Gasteiger partial charge in [0.15, 0.2) is 6.79 Å². The molecule has 0 amide bonds. The largest absolute Gasteiger partial charge is 0.463 e. The van der Waals surface area contributed by atoms with E-state index in [0.29, 0.717) is 0 Å². The minimum Gasteiger partial charge on any atom is -0.463 e. The fraction of sp³-hybridized carbons (Fsp3) is 0.333. The number of aromatic amines is 1. The molecule has 0 radical (unpaired) electrons. The van der Waals surface area contributed by atoms with Crippen LogP contribution in [0.5, 0.6) is 5.88 Å². The van der Waals surface area contributed by atoms with Gasteiger partial charge in [0.05, 0.1) is 26.4 Å². The van der Waals surface area contributed by atoms with Crippen molar-refractivity contribution in [3.8, 4) is 5.88 Å². The molecule has 0 aromatic carbocycles. The van der Waals surface area contributed by atoms with Crippen LogP contribution in [0.2, 0.25) is 0 Å². The number of rotatable bonds is 5. The first-order valence-electron chi connectivity index (χ1n) is 5.95. The number of hydrogen-bond donors (Lipinski definition) is 1. The molecule has 2 heterocycles. The lowest BCUT2D eigenvalue weighted by atomic mass is 10.5. The van der Waals surface area contributed by atoms with Crippen molar-refractivity contribution in [3.63, 3.8) is 0 Å². The Bertz CT molecular complexity index is 685. The van der Waals surface area contributed by atoms with E-state index < -0.39 is 17.5 Å². The molecule has 0 aliphatic rings. The zero-order chi connectivity index (χ0) is 17.2. The van der Waals surface area contributed by atoms with Gasteiger partial charge >= 0.3 is 11.9 Å². The molecule has 0 unspecified atom stereocenters. The molecule has 0 atom stereocenters. The lowest BCUT2D eigenvalue weighted by Crippen LogP contribution is -1.99. The normalized spacial score (nSPS) is 9.52. The Morgan fingerprint density at radius 2 is 1.78 bits per heavy atom. The van der Waals surface area contributed by atoms with Crippen molar-refractivity contribution in [2.24, 2.45) is 0 Å². The van der Waals surface area contributed by atoms with Gasteiger partial charge in [-0.05, 0) is 5.16 Å². The smallest absolute Gasteiger partial charge is 0.377 e. The van der Waals surface area contributed by atoms with Gasteiger partial charge < -0.3 is 28.0 Å². The molecule has 0 aliphatic heterocycles. The first-order valence-corrected chi connectivity index (χ1v) is 5.95. The Labute approximate surface area is 129 Å². The second-order valence-electron chi connectivity index (χ2n) is 3.64. The summed E-state index contributed by atoms with van der Waals surface area (Å²) in [6, 6.07) is 2.34. The highest BCUT2D eigenvalue weighted by Gasteiger charge is 2.13. The molecular formula is C12H14N2O9. The standard InChI is InChI=1S/C7H9NO5.C5H5NO4/c1-10-4-12-6-3-5(13-8-6)7(9)11-2;1-9-5(8)3-2-4(7)6-10-3/h3H,4H2,1-2H3;2H,1H3,(H,6,7). The monoisotopic (exact) mass is 330 g/mol. The van der Waals surface area contributed by atoms with Crippen LogP contribution >= 0.6 is 0 Å². The molecule has 2 aromatic heterocycles. The van der Waals surface area contributed by atoms with Gasteiger partial charge in [0, 0.05) is 7.11 Å². The summed E-state index contributed by atoms with van der Waals surface area (Å²) < 4.78 is 27.2. The van der Waals surface area contributed by atoms with E-state index in [1.807, 2.05) is 5.16 Å². The quantitative estimate of drug-likeness (QED) is 0.596. The van der Waals surface area contributed by atoms with E-state index in [0.717, 1.165) is 6.07 Å². The van der Waals surface area contributed by atoms with Crippen LogP contribution in [-0.4, -0.2) is 50.4 Å². The molecule has 0 spiro atoms. The van der Waals surface area contributed by atoms with Crippen LogP contribution in [0, 0.1) is 0 Å². The summed E-state index contributed by atoms with van der Waals surface area (Å²) in [6.45, 7) is 0.0488. The molecule has 0 aliphatic carbocycles. The van der Waals surface area contributed by atoms with E-state index in [2.05, 4.69) is 28.4 Å². The van der Waals surface area contributed by atoms with Crippen LogP contribution < -0.4 is 10.3 Å². The lowest BCUT2D eigenvalue weighted by molar-refractivity contribution is 0.0450. The predicted octanol–water partition coefficient (Wildman–Crippen LogP) is 0.198. The van der Waals surface area contributed by atoms with Gasteiger partial charge in [0.2, 0.25) is 11.5 Å². The molecule has 1 N–H and O–H groups in total. The second-order valence-corrected chi connectivity index (χ2v) is 3.64. The van der Waals surface area contributed by atoms with Crippen LogP contribution in [0.3, 0.4) is 0 Å². The van der Waals surface area contributed by atoms with Crippen molar-refractivity contribution in [1.29, 1.82) is 0 Å². The van der Waals surface area contributed by atoms with Gasteiger partial charge in [-0.2, -0.15) is 5.16 Å². The second kappa shape index (κ2) is 9.04. The lowest BCUT2D eigenvalue weighted by Gasteiger charge is -1.96. The third kappa shape index (κ3) is 5.67. The van der Waals surface area contributed by atoms with Crippen LogP contribution in [0.1, 0.15) is 21.1 Å². The molecule has 23 heavy (non-hydrogen) atoms. The number of methoxy groups -OCH3 is 3. The Morgan fingerprint density at radius 3 is 2.30 bits per heavy atom. The summed E-state index contributed by atoms with van der Waals surface area (Å²) in [7, 11) is 3.93. The molecule has 0 fully saturated rings. The number of ether oxygens (including phenoxy) is 4. The van der Waals surface area contributed by atoms with Gasteiger partial charge in [-0.25, -0.2) is 9.59 Å². The molecule has 0 saturated carbocycles. The predicted molar refractivity (Wildman–Crippen MR) is 71.0 cm³/mol. The van der Waals surface area contributed by atoms with E-state index >= 15 is 0 Å². The minimum absolute atomic E-state index is 0.00592. The molecule has 0 saturated heterocycles. The number of H-pyrrole nitrogens is 1. The highest BCUT2D eigenvalue weighted by Crippen LogP contribution is 2.11. The number of esters is 2. The summed E-state index contributed by atoms with van der Waals surface area (Å²) in [5.41, 5.74) is -0.458. The first-order chi connectivity index (χ1) is 11.0. The van der Waals surface area contributed by atoms with Gasteiger partial charge in [-0.1, -0.05) is 0 Å². The van der Waals surface area contributed by atoms with Gasteiger partial charge in [-0.3, -0.25) is 4.79 Å². The van der Waals surface area contributed by atoms with Crippen LogP contribution in [0.4, 0.5) is 0 Å². The van der Waals surface area contributed by atoms with E-state index in [9.17, 15) is 14.4 Å². The zero-order valence-corrected chi connectivity index (χ0v) is 12.5. The summed E-state index contributed by atoms with van der Waals surface area (Å²) in [6.07, 6.45) is 0. The first kappa shape index (κ1) is 18.0. The van der Waals surface area contributed by atoms with Gasteiger partial charge in [-0.15, -0.1) is 0 Å². The van der Waals surface area contributed by atoms with E-state index in [1.165, 1.54) is 27.4 Å². The number of carbonyl (C=O) groups excluding carboxylic acids is 2. The fourth-order valence-electron chi connectivity index (χ4n) is 1.13. The zero-order valence-electron chi connectivity index (χ0n) is 12.5. The number of aromatic nitrogens is 2. The van der Waals surface area contributed by atoms with Gasteiger partial charge in [0.25, 0.3) is 11.4 Å². The van der Waals surface area contributed by atoms with Crippen molar-refractivity contribution >= 4 is 11.9 Å². The van der Waals surface area contributed by atoms with Crippen molar-refractivity contribution in [3.05, 3.63) is 34.0 Å². The number of hydrogen-bond acceptors (Lipinski definition) is 10. The maximum Gasteiger partial charge on any atom is 0.377 e. The van der Waals surface area contributed by atoms with Crippen molar-refractivity contribution in [2.75, 3.05) is 28.1 Å². The summed E-state index contributed by atoms with van der Waals surface area (Å²) >= 11 is 0. The Balaban J connectivity index is 0.000000238. The molecule has 2 rings (SSSR count). The van der Waals surface area contributed by atoms with E-state index in [1.54, 1.807) is 0 Å². The molecule has 11 nitrogen and oxygen atoms in total. The third-order valence-corrected chi connectivity index (χ3v) is 2.11. The van der Waals surface area contributed by atoms with Crippen LogP contribution in [0.25, 0.3) is 0 Å². The average Bonchev–Trinajstić information content (AvgIpc) is 3.21. The highest BCUT2D eigenvalue weighted by molar-refractivity contribution is 5.86. The van der Waals surface area contributed by atoms with Crippen molar-refractivity contribution in [1.82, 2.24) is 10.3 Å². The Hall–Kier alpha value is -3.08. The summed E-state index contributed by atoms with van der Waals surface area (Å²) in [4.78, 5) is 31.8. The average molecular weight is 330 g/mol. The maximum atomic E-state index is 10.9. The Kier molecular flexibility index (Phi) is 7.07. The minimum atomic E-state index is -0.668. The van der Waals surface area contributed by atoms with Crippen molar-refractivity contribution in [2.45, 2.75) is 0 Å². The van der Waals surface area contributed by atoms with Crippen LogP contribution in [0.15, 0.2) is 26.0 Å². The third-order valence-electron chi connectivity index (χ3n) is 2.11. The topological polar surface area (TPSA) is 143 Å². The molecule has 0 bridgehead atoms. The highest BCUT2D eigenvalue weighted by atomic mass is 16.7. The van der Waals surface area contributed by atoms with Crippen LogP contribution in [-0.2, 0) is 14.2 Å². The summed E-state index contributed by atoms with van der Waals surface area (Å²) in [5.74, 6) is -1.21. The SMILES string of the molecule is COC(=O)c1cc(=O)[nH]o1.COCOc1cc(C(=O)OC)on1. The molecule has 126 valence electrons. The molecule has 11 heteroatoms. The molecule has 2 aromatic rings. The van der Waals surface area contributed by atoms with E-state index in [-0.39, 0.29) is 24.2 Å². The number of nitrogens with one attached hydrogen (secondary N) is 1. The summed E-state index contributed by atoms with van der Waals surface area (Å²) in [5, 5.41) is 5.40.